The summed E-state index contributed by atoms with van der Waals surface area (Å²) < 4.78 is 32.9. The van der Waals surface area contributed by atoms with Crippen LogP contribution >= 0.6 is 11.8 Å². The average Bonchev–Trinajstić information content (AvgIpc) is 2.74. The molecule has 3 unspecified atom stereocenters. The topological polar surface area (TPSA) is 141 Å². The maximum Gasteiger partial charge on any atom is 0.303 e. The van der Waals surface area contributed by atoms with Gasteiger partial charge in [-0.25, -0.2) is 0 Å². The van der Waals surface area contributed by atoms with Gasteiger partial charge in [-0.15, -0.1) is 0 Å². The fourth-order valence-electron chi connectivity index (χ4n) is 3.44. The van der Waals surface area contributed by atoms with E-state index in [1.54, 1.807) is 24.3 Å². The minimum absolute atomic E-state index is 0.426. The zero-order chi connectivity index (χ0) is 26.1. The summed E-state index contributed by atoms with van der Waals surface area (Å²) in [5, 5.41) is 0. The monoisotopic (exact) mass is 512 g/mol. The van der Waals surface area contributed by atoms with Crippen LogP contribution in [0.5, 0.6) is 0 Å². The summed E-state index contributed by atoms with van der Waals surface area (Å²) >= 11 is 1.15. The standard InChI is InChI=1S/C23H28O11S/c1-12(24)29-11-18(30-13(2)25)19-20(31-14(3)26)21(32-15(4)27)22(33-16(5)28)23(34-19)35-17-9-7-6-8-10-17/h6-10,18-23H,11H2,1-5H3/t18-,19?,20-,21?,22?,23+/m1/s1. The van der Waals surface area contributed by atoms with E-state index in [4.69, 9.17) is 28.4 Å². The molecule has 1 saturated heterocycles. The van der Waals surface area contributed by atoms with Gasteiger partial charge in [0, 0.05) is 39.5 Å². The lowest BCUT2D eigenvalue weighted by Gasteiger charge is -2.46. The molecule has 0 radical (unpaired) electrons. The number of rotatable bonds is 9. The highest BCUT2D eigenvalue weighted by atomic mass is 32.2. The number of ether oxygens (including phenoxy) is 6. The van der Waals surface area contributed by atoms with Crippen molar-refractivity contribution in [2.24, 2.45) is 0 Å². The summed E-state index contributed by atoms with van der Waals surface area (Å²) in [7, 11) is 0. The number of carbonyl (C=O) groups is 5. The zero-order valence-corrected chi connectivity index (χ0v) is 20.8. The Kier molecular flexibility index (Phi) is 10.5. The van der Waals surface area contributed by atoms with Crippen molar-refractivity contribution in [3.05, 3.63) is 30.3 Å². The van der Waals surface area contributed by atoms with Gasteiger partial charge in [0.2, 0.25) is 0 Å². The lowest BCUT2D eigenvalue weighted by Crippen LogP contribution is -2.64. The van der Waals surface area contributed by atoms with Crippen LogP contribution in [0.4, 0.5) is 0 Å². The highest BCUT2D eigenvalue weighted by Gasteiger charge is 2.55. The number of benzene rings is 1. The predicted octanol–water partition coefficient (Wildman–Crippen LogP) is 1.79. The van der Waals surface area contributed by atoms with Crippen molar-refractivity contribution in [1.82, 2.24) is 0 Å². The third kappa shape index (κ3) is 8.87. The van der Waals surface area contributed by atoms with Crippen LogP contribution in [0.15, 0.2) is 35.2 Å². The lowest BCUT2D eigenvalue weighted by molar-refractivity contribution is -0.250. The quantitative estimate of drug-likeness (QED) is 0.352. The van der Waals surface area contributed by atoms with E-state index in [9.17, 15) is 24.0 Å². The van der Waals surface area contributed by atoms with Crippen LogP contribution in [0.1, 0.15) is 34.6 Å². The van der Waals surface area contributed by atoms with Gasteiger partial charge in [0.05, 0.1) is 0 Å². The molecular weight excluding hydrogens is 484 g/mol. The lowest BCUT2D eigenvalue weighted by atomic mass is 9.95. The molecule has 0 spiro atoms. The second kappa shape index (κ2) is 13.1. The van der Waals surface area contributed by atoms with E-state index in [1.165, 1.54) is 13.8 Å². The third-order valence-corrected chi connectivity index (χ3v) is 5.72. The molecule has 0 bridgehead atoms. The number of hydrogen-bond donors (Lipinski definition) is 0. The summed E-state index contributed by atoms with van der Waals surface area (Å²) in [6.07, 6.45) is -6.38. The minimum atomic E-state index is -1.37. The molecule has 0 N–H and O–H groups in total. The second-order valence-corrected chi connectivity index (χ2v) is 8.74. The SMILES string of the molecule is CC(=O)OC[C@@H](OC(C)=O)C1O[C@@H](Sc2ccccc2)C(OC(C)=O)C(OC(C)=O)[C@@H]1OC(C)=O. The summed E-state index contributed by atoms with van der Waals surface area (Å²) in [5.74, 6) is -3.55. The van der Waals surface area contributed by atoms with E-state index >= 15 is 0 Å². The van der Waals surface area contributed by atoms with Crippen molar-refractivity contribution in [3.8, 4) is 0 Å². The zero-order valence-electron chi connectivity index (χ0n) is 20.0. The maximum atomic E-state index is 12.0. The second-order valence-electron chi connectivity index (χ2n) is 7.57. The Morgan fingerprint density at radius 2 is 1.31 bits per heavy atom. The molecule has 0 saturated carbocycles. The van der Waals surface area contributed by atoms with E-state index < -0.39 is 72.4 Å². The van der Waals surface area contributed by atoms with Gasteiger partial charge in [-0.1, -0.05) is 30.0 Å². The van der Waals surface area contributed by atoms with Gasteiger partial charge in [-0.3, -0.25) is 24.0 Å². The summed E-state index contributed by atoms with van der Waals surface area (Å²) in [6.45, 7) is 5.33. The molecule has 0 amide bonds. The first-order valence-electron chi connectivity index (χ1n) is 10.7. The number of thioether (sulfide) groups is 1. The van der Waals surface area contributed by atoms with Gasteiger partial charge < -0.3 is 28.4 Å². The van der Waals surface area contributed by atoms with Crippen LogP contribution in [0.3, 0.4) is 0 Å². The molecule has 1 aliphatic heterocycles. The molecule has 35 heavy (non-hydrogen) atoms. The molecule has 1 fully saturated rings. The van der Waals surface area contributed by atoms with E-state index in [-0.39, 0.29) is 0 Å². The van der Waals surface area contributed by atoms with Crippen molar-refractivity contribution in [3.63, 3.8) is 0 Å². The van der Waals surface area contributed by atoms with Crippen LogP contribution < -0.4 is 0 Å². The molecule has 0 aromatic heterocycles. The first-order valence-corrected chi connectivity index (χ1v) is 11.5. The molecule has 1 aromatic rings. The van der Waals surface area contributed by atoms with Crippen LogP contribution in [0.25, 0.3) is 0 Å². The van der Waals surface area contributed by atoms with E-state index in [0.717, 1.165) is 37.4 Å². The smallest absolute Gasteiger partial charge is 0.303 e. The highest BCUT2D eigenvalue weighted by Crippen LogP contribution is 2.38. The Hall–Kier alpha value is -3.12. The fourth-order valence-corrected chi connectivity index (χ4v) is 4.55. The van der Waals surface area contributed by atoms with Crippen LogP contribution in [-0.4, -0.2) is 72.4 Å². The maximum absolute atomic E-state index is 12.0. The minimum Gasteiger partial charge on any atom is -0.462 e. The number of carbonyl (C=O) groups excluding carboxylic acids is 5. The summed E-state index contributed by atoms with van der Waals surface area (Å²) in [6, 6.07) is 8.96. The Balaban J connectivity index is 2.57. The molecule has 6 atom stereocenters. The van der Waals surface area contributed by atoms with E-state index in [0.29, 0.717) is 0 Å². The van der Waals surface area contributed by atoms with Crippen LogP contribution in [-0.2, 0) is 52.4 Å². The Morgan fingerprint density at radius 1 is 0.771 bits per heavy atom. The fraction of sp³-hybridized carbons (Fsp3) is 0.522. The molecular formula is C23H28O11S. The summed E-state index contributed by atoms with van der Waals surface area (Å²) in [4.78, 5) is 59.9. The molecule has 2 rings (SSSR count). The van der Waals surface area contributed by atoms with E-state index in [2.05, 4.69) is 0 Å². The molecule has 1 aliphatic rings. The molecule has 0 aliphatic carbocycles. The van der Waals surface area contributed by atoms with Crippen molar-refractivity contribution >= 4 is 41.6 Å². The van der Waals surface area contributed by atoms with Gasteiger partial charge in [0.25, 0.3) is 0 Å². The molecule has 1 heterocycles. The largest absolute Gasteiger partial charge is 0.462 e. The van der Waals surface area contributed by atoms with Crippen molar-refractivity contribution in [2.45, 2.75) is 75.5 Å². The average molecular weight is 513 g/mol. The van der Waals surface area contributed by atoms with Crippen LogP contribution in [0.2, 0.25) is 0 Å². The Bertz CT molecular complexity index is 919. The Labute approximate surface area is 206 Å². The first-order chi connectivity index (χ1) is 16.5. The number of hydrogen-bond acceptors (Lipinski definition) is 12. The van der Waals surface area contributed by atoms with Gasteiger partial charge in [-0.05, 0) is 12.1 Å². The van der Waals surface area contributed by atoms with Crippen molar-refractivity contribution < 1.29 is 52.4 Å². The molecule has 11 nitrogen and oxygen atoms in total. The van der Waals surface area contributed by atoms with Gasteiger partial charge in [0.15, 0.2) is 24.4 Å². The van der Waals surface area contributed by atoms with Crippen LogP contribution in [0, 0.1) is 0 Å². The van der Waals surface area contributed by atoms with Gasteiger partial charge >= 0.3 is 29.8 Å². The molecule has 12 heteroatoms. The third-order valence-electron chi connectivity index (χ3n) is 4.57. The van der Waals surface area contributed by atoms with Crippen molar-refractivity contribution in [2.75, 3.05) is 6.61 Å². The predicted molar refractivity (Wildman–Crippen MR) is 120 cm³/mol. The van der Waals surface area contributed by atoms with E-state index in [1.807, 2.05) is 6.07 Å². The Morgan fingerprint density at radius 3 is 1.83 bits per heavy atom. The highest BCUT2D eigenvalue weighted by molar-refractivity contribution is 7.99. The van der Waals surface area contributed by atoms with Gasteiger partial charge in [-0.2, -0.15) is 0 Å². The summed E-state index contributed by atoms with van der Waals surface area (Å²) in [5.41, 5.74) is -0.988. The normalized spacial score (nSPS) is 24.4. The number of esters is 5. The van der Waals surface area contributed by atoms with Gasteiger partial charge in [0.1, 0.15) is 18.1 Å². The first kappa shape index (κ1) is 28.1. The van der Waals surface area contributed by atoms with Crippen molar-refractivity contribution in [1.29, 1.82) is 0 Å². The molecule has 1 aromatic carbocycles. The molecule has 192 valence electrons.